The second-order valence-electron chi connectivity index (χ2n) is 5.66. The molecule has 0 unspecified atom stereocenters. The molecule has 0 spiro atoms. The van der Waals surface area contributed by atoms with Crippen LogP contribution in [0.5, 0.6) is 11.5 Å². The van der Waals surface area contributed by atoms with Crippen molar-refractivity contribution in [1.82, 2.24) is 0 Å². The van der Waals surface area contributed by atoms with Crippen LogP contribution in [0.3, 0.4) is 0 Å². The highest BCUT2D eigenvalue weighted by molar-refractivity contribution is 9.10. The lowest BCUT2D eigenvalue weighted by atomic mass is 10.1. The number of methoxy groups -OCH3 is 1. The molecule has 3 rings (SSSR count). The molecule has 6 heteroatoms. The van der Waals surface area contributed by atoms with E-state index in [1.807, 2.05) is 62.4 Å². The van der Waals surface area contributed by atoms with Crippen LogP contribution in [-0.4, -0.2) is 25.3 Å². The third-order valence-corrected chi connectivity index (χ3v) is 4.50. The van der Waals surface area contributed by atoms with Crippen LogP contribution in [0.1, 0.15) is 19.4 Å². The minimum atomic E-state index is -0.155. The number of carbonyl (C=O) groups excluding carboxylic acids is 1. The molecule has 2 aromatic rings. The monoisotopic (exact) mass is 414 g/mol. The van der Waals surface area contributed by atoms with Crippen molar-refractivity contribution < 1.29 is 14.3 Å². The molecular weight excluding hydrogens is 396 g/mol. The molecule has 0 saturated heterocycles. The van der Waals surface area contributed by atoms with Crippen LogP contribution in [0.2, 0.25) is 0 Å². The van der Waals surface area contributed by atoms with Gasteiger partial charge >= 0.3 is 0 Å². The highest BCUT2D eigenvalue weighted by atomic mass is 79.9. The molecule has 1 aliphatic heterocycles. The second-order valence-corrected chi connectivity index (χ2v) is 6.52. The van der Waals surface area contributed by atoms with Gasteiger partial charge in [0.1, 0.15) is 0 Å². The number of hydrazone groups is 1. The third-order valence-electron chi connectivity index (χ3n) is 3.91. The van der Waals surface area contributed by atoms with Crippen LogP contribution in [-0.2, 0) is 4.79 Å². The molecule has 1 aliphatic rings. The van der Waals surface area contributed by atoms with Crippen molar-refractivity contribution in [2.24, 2.45) is 5.10 Å². The average molecular weight is 415 g/mol. The molecule has 0 N–H and O–H groups in total. The highest BCUT2D eigenvalue weighted by Gasteiger charge is 2.28. The topological polar surface area (TPSA) is 51.1 Å². The SMILES string of the molecule is CCOc1c(Br)cc(/C=C2/C(=O)N(c3ccccc3)N=C2C)cc1OC. The maximum Gasteiger partial charge on any atom is 0.280 e. The van der Waals surface area contributed by atoms with Crippen molar-refractivity contribution in [2.75, 3.05) is 18.7 Å². The first-order valence-electron chi connectivity index (χ1n) is 8.22. The van der Waals surface area contributed by atoms with Crippen molar-refractivity contribution in [3.8, 4) is 11.5 Å². The average Bonchev–Trinajstić information content (AvgIpc) is 2.92. The summed E-state index contributed by atoms with van der Waals surface area (Å²) < 4.78 is 11.8. The molecule has 0 bridgehead atoms. The Morgan fingerprint density at radius 3 is 2.62 bits per heavy atom. The molecule has 0 fully saturated rings. The summed E-state index contributed by atoms with van der Waals surface area (Å²) >= 11 is 3.51. The van der Waals surface area contributed by atoms with Gasteiger partial charge in [-0.1, -0.05) is 18.2 Å². The molecule has 5 nitrogen and oxygen atoms in total. The standard InChI is InChI=1S/C20H19BrN2O3/c1-4-26-19-17(21)11-14(12-18(19)25-3)10-16-13(2)22-23(20(16)24)15-8-6-5-7-9-15/h5-12H,4H2,1-3H3/b16-10+. The molecule has 134 valence electrons. The summed E-state index contributed by atoms with van der Waals surface area (Å²) in [4.78, 5) is 12.8. The van der Waals surface area contributed by atoms with E-state index < -0.39 is 0 Å². The highest BCUT2D eigenvalue weighted by Crippen LogP contribution is 2.37. The van der Waals surface area contributed by atoms with Crippen molar-refractivity contribution >= 4 is 39.3 Å². The summed E-state index contributed by atoms with van der Waals surface area (Å²) in [7, 11) is 1.59. The van der Waals surface area contributed by atoms with E-state index in [1.54, 1.807) is 7.11 Å². The summed E-state index contributed by atoms with van der Waals surface area (Å²) in [5, 5.41) is 5.81. The minimum absolute atomic E-state index is 0.155. The molecule has 0 aliphatic carbocycles. The quantitative estimate of drug-likeness (QED) is 0.668. The molecule has 1 heterocycles. The van der Waals surface area contributed by atoms with E-state index >= 15 is 0 Å². The predicted molar refractivity (Wildman–Crippen MR) is 107 cm³/mol. The Bertz CT molecular complexity index is 891. The zero-order chi connectivity index (χ0) is 18.7. The van der Waals surface area contributed by atoms with Crippen LogP contribution in [0.4, 0.5) is 5.69 Å². The van der Waals surface area contributed by atoms with Gasteiger partial charge in [-0.2, -0.15) is 10.1 Å². The van der Waals surface area contributed by atoms with Crippen molar-refractivity contribution in [2.45, 2.75) is 13.8 Å². The summed E-state index contributed by atoms with van der Waals surface area (Å²) in [5.74, 6) is 1.09. The van der Waals surface area contributed by atoms with Crippen LogP contribution < -0.4 is 14.5 Å². The van der Waals surface area contributed by atoms with Crippen LogP contribution in [0.25, 0.3) is 6.08 Å². The molecule has 0 aromatic heterocycles. The van der Waals surface area contributed by atoms with Gasteiger partial charge in [0.25, 0.3) is 5.91 Å². The molecule has 26 heavy (non-hydrogen) atoms. The number of benzene rings is 2. The van der Waals surface area contributed by atoms with Crippen LogP contribution >= 0.6 is 15.9 Å². The lowest BCUT2D eigenvalue weighted by Gasteiger charge is -2.13. The first kappa shape index (κ1) is 18.2. The number of ether oxygens (including phenoxy) is 2. The fourth-order valence-electron chi connectivity index (χ4n) is 2.70. The Morgan fingerprint density at radius 1 is 1.23 bits per heavy atom. The van der Waals surface area contributed by atoms with Gasteiger partial charge in [0, 0.05) is 0 Å². The Labute approximate surface area is 161 Å². The first-order chi connectivity index (χ1) is 12.5. The summed E-state index contributed by atoms with van der Waals surface area (Å²) in [6, 6.07) is 13.1. The van der Waals surface area contributed by atoms with E-state index in [1.165, 1.54) is 5.01 Å². The van der Waals surface area contributed by atoms with E-state index in [4.69, 9.17) is 9.47 Å². The third kappa shape index (κ3) is 3.51. The predicted octanol–water partition coefficient (Wildman–Crippen LogP) is 4.66. The zero-order valence-corrected chi connectivity index (χ0v) is 16.4. The van der Waals surface area contributed by atoms with Gasteiger partial charge in [-0.15, -0.1) is 0 Å². The van der Waals surface area contributed by atoms with Crippen molar-refractivity contribution in [3.63, 3.8) is 0 Å². The van der Waals surface area contributed by atoms with E-state index in [9.17, 15) is 4.79 Å². The fourth-order valence-corrected chi connectivity index (χ4v) is 3.28. The molecule has 0 radical (unpaired) electrons. The van der Waals surface area contributed by atoms with Gasteiger partial charge < -0.3 is 9.47 Å². The molecule has 1 amide bonds. The molecular formula is C20H19BrN2O3. The number of carbonyl (C=O) groups is 1. The van der Waals surface area contributed by atoms with Crippen molar-refractivity contribution in [1.29, 1.82) is 0 Å². The van der Waals surface area contributed by atoms with Gasteiger partial charge in [-0.05, 0) is 65.7 Å². The number of rotatable bonds is 5. The van der Waals surface area contributed by atoms with Gasteiger partial charge in [-0.25, -0.2) is 0 Å². The molecule has 0 atom stereocenters. The Hall–Kier alpha value is -2.60. The van der Waals surface area contributed by atoms with E-state index in [0.717, 1.165) is 15.7 Å². The number of nitrogens with zero attached hydrogens (tertiary/aromatic N) is 2. The second kappa shape index (κ2) is 7.74. The van der Waals surface area contributed by atoms with Crippen molar-refractivity contribution in [3.05, 3.63) is 58.1 Å². The Kier molecular flexibility index (Phi) is 5.42. The number of hydrogen-bond donors (Lipinski definition) is 0. The number of amides is 1. The number of anilines is 1. The van der Waals surface area contributed by atoms with Gasteiger partial charge in [0.05, 0.1) is 35.2 Å². The summed E-state index contributed by atoms with van der Waals surface area (Å²) in [5.41, 5.74) is 2.78. The largest absolute Gasteiger partial charge is 0.493 e. The van der Waals surface area contributed by atoms with Gasteiger partial charge in [0.2, 0.25) is 0 Å². The van der Waals surface area contributed by atoms with Gasteiger partial charge in [-0.3, -0.25) is 4.79 Å². The zero-order valence-electron chi connectivity index (χ0n) is 14.8. The lowest BCUT2D eigenvalue weighted by Crippen LogP contribution is -2.21. The Balaban J connectivity index is 1.97. The summed E-state index contributed by atoms with van der Waals surface area (Å²) in [6.45, 7) is 4.27. The first-order valence-corrected chi connectivity index (χ1v) is 9.01. The van der Waals surface area contributed by atoms with E-state index in [-0.39, 0.29) is 5.91 Å². The normalized spacial score (nSPS) is 15.4. The maximum absolute atomic E-state index is 12.8. The number of para-hydroxylation sites is 1. The number of halogens is 1. The fraction of sp³-hybridized carbons (Fsp3) is 0.200. The lowest BCUT2D eigenvalue weighted by molar-refractivity contribution is -0.114. The minimum Gasteiger partial charge on any atom is -0.493 e. The van der Waals surface area contributed by atoms with Crippen LogP contribution in [0.15, 0.2) is 57.6 Å². The number of hydrogen-bond acceptors (Lipinski definition) is 4. The Morgan fingerprint density at radius 2 is 1.96 bits per heavy atom. The van der Waals surface area contributed by atoms with Gasteiger partial charge in [0.15, 0.2) is 11.5 Å². The molecule has 2 aromatic carbocycles. The maximum atomic E-state index is 12.8. The summed E-state index contributed by atoms with van der Waals surface area (Å²) in [6.07, 6.45) is 1.81. The molecule has 0 saturated carbocycles. The van der Waals surface area contributed by atoms with E-state index in [0.29, 0.717) is 29.4 Å². The van der Waals surface area contributed by atoms with E-state index in [2.05, 4.69) is 21.0 Å². The van der Waals surface area contributed by atoms with Crippen LogP contribution in [0, 0.1) is 0 Å². The smallest absolute Gasteiger partial charge is 0.280 e.